The van der Waals surface area contributed by atoms with Crippen molar-refractivity contribution < 1.29 is 0 Å². The average Bonchev–Trinajstić information content (AvgIpc) is 2.86. The summed E-state index contributed by atoms with van der Waals surface area (Å²) in [7, 11) is 0. The van der Waals surface area contributed by atoms with E-state index in [1.165, 1.54) is 12.8 Å². The highest BCUT2D eigenvalue weighted by atomic mass is 35.5. The largest absolute Gasteiger partial charge is 0.399 e. The lowest BCUT2D eigenvalue weighted by Crippen LogP contribution is -2.03. The summed E-state index contributed by atoms with van der Waals surface area (Å²) in [5.74, 6) is 0.855. The maximum atomic E-state index is 5.99. The van der Waals surface area contributed by atoms with Crippen molar-refractivity contribution in [1.29, 1.82) is 0 Å². The molecular weight excluding hydrogens is 184 g/mol. The van der Waals surface area contributed by atoms with Crippen molar-refractivity contribution in [1.82, 2.24) is 0 Å². The minimum absolute atomic E-state index is 0.709. The fourth-order valence-electron chi connectivity index (χ4n) is 1.25. The fraction of sp³-hybridized carbons (Fsp3) is 0.400. The molecule has 0 saturated heterocycles. The molecule has 3 heteroatoms. The molecule has 0 unspecified atom stereocenters. The molecule has 1 aliphatic carbocycles. The molecule has 0 heterocycles. The van der Waals surface area contributed by atoms with E-state index in [1.807, 2.05) is 12.1 Å². The van der Waals surface area contributed by atoms with Gasteiger partial charge in [0, 0.05) is 12.2 Å². The molecule has 3 N–H and O–H groups in total. The number of halogens is 1. The molecule has 0 atom stereocenters. The summed E-state index contributed by atoms with van der Waals surface area (Å²) < 4.78 is 0. The molecular formula is C10H13ClN2. The van der Waals surface area contributed by atoms with Gasteiger partial charge in [-0.3, -0.25) is 0 Å². The molecule has 2 rings (SSSR count). The SMILES string of the molecule is Nc1ccc(NCC2CC2)c(Cl)c1. The van der Waals surface area contributed by atoms with Crippen LogP contribution in [0.15, 0.2) is 18.2 Å². The summed E-state index contributed by atoms with van der Waals surface area (Å²) >= 11 is 5.99. The van der Waals surface area contributed by atoms with E-state index in [0.717, 1.165) is 18.2 Å². The van der Waals surface area contributed by atoms with Crippen LogP contribution in [-0.2, 0) is 0 Å². The third kappa shape index (κ3) is 2.28. The second-order valence-corrected chi connectivity index (χ2v) is 3.97. The Kier molecular flexibility index (Phi) is 2.32. The van der Waals surface area contributed by atoms with E-state index < -0.39 is 0 Å². The van der Waals surface area contributed by atoms with Crippen molar-refractivity contribution in [3.63, 3.8) is 0 Å². The Morgan fingerprint density at radius 3 is 2.85 bits per heavy atom. The van der Waals surface area contributed by atoms with Gasteiger partial charge in [0.05, 0.1) is 10.7 Å². The number of rotatable bonds is 3. The molecule has 1 aromatic carbocycles. The van der Waals surface area contributed by atoms with Gasteiger partial charge in [-0.05, 0) is 37.0 Å². The smallest absolute Gasteiger partial charge is 0.0657 e. The molecule has 1 aliphatic rings. The summed E-state index contributed by atoms with van der Waals surface area (Å²) in [4.78, 5) is 0. The summed E-state index contributed by atoms with van der Waals surface area (Å²) in [6.45, 7) is 1.03. The zero-order chi connectivity index (χ0) is 9.26. The first-order valence-corrected chi connectivity index (χ1v) is 4.92. The molecule has 0 radical (unpaired) electrons. The Balaban J connectivity index is 2.01. The second-order valence-electron chi connectivity index (χ2n) is 3.56. The molecule has 0 aliphatic heterocycles. The normalized spacial score (nSPS) is 15.8. The Hall–Kier alpha value is -0.890. The Bertz CT molecular complexity index is 308. The molecule has 0 bridgehead atoms. The van der Waals surface area contributed by atoms with Gasteiger partial charge in [-0.15, -0.1) is 0 Å². The molecule has 0 spiro atoms. The lowest BCUT2D eigenvalue weighted by Gasteiger charge is -2.07. The summed E-state index contributed by atoms with van der Waals surface area (Å²) in [5.41, 5.74) is 7.28. The Morgan fingerprint density at radius 1 is 1.46 bits per heavy atom. The maximum Gasteiger partial charge on any atom is 0.0657 e. The van der Waals surface area contributed by atoms with Crippen molar-refractivity contribution in [2.75, 3.05) is 17.6 Å². The number of hydrogen-bond acceptors (Lipinski definition) is 2. The molecule has 13 heavy (non-hydrogen) atoms. The van der Waals surface area contributed by atoms with Crippen LogP contribution in [0.1, 0.15) is 12.8 Å². The van der Waals surface area contributed by atoms with Crippen LogP contribution < -0.4 is 11.1 Å². The quantitative estimate of drug-likeness (QED) is 0.730. The topological polar surface area (TPSA) is 38.0 Å². The third-order valence-electron chi connectivity index (χ3n) is 2.27. The highest BCUT2D eigenvalue weighted by molar-refractivity contribution is 6.33. The molecule has 70 valence electrons. The molecule has 0 aromatic heterocycles. The van der Waals surface area contributed by atoms with Crippen molar-refractivity contribution in [2.24, 2.45) is 5.92 Å². The number of anilines is 2. The van der Waals surface area contributed by atoms with E-state index in [0.29, 0.717) is 10.7 Å². The average molecular weight is 197 g/mol. The van der Waals surface area contributed by atoms with Crippen molar-refractivity contribution >= 4 is 23.0 Å². The number of benzene rings is 1. The minimum Gasteiger partial charge on any atom is -0.399 e. The summed E-state index contributed by atoms with van der Waals surface area (Å²) in [5, 5.41) is 4.02. The van der Waals surface area contributed by atoms with Crippen molar-refractivity contribution in [3.05, 3.63) is 23.2 Å². The number of nitrogen functional groups attached to an aromatic ring is 1. The van der Waals surface area contributed by atoms with E-state index in [4.69, 9.17) is 17.3 Å². The van der Waals surface area contributed by atoms with Crippen molar-refractivity contribution in [3.8, 4) is 0 Å². The van der Waals surface area contributed by atoms with Crippen LogP contribution in [0.3, 0.4) is 0 Å². The zero-order valence-electron chi connectivity index (χ0n) is 7.39. The molecule has 2 nitrogen and oxygen atoms in total. The Labute approximate surface area is 83.1 Å². The lowest BCUT2D eigenvalue weighted by atomic mass is 10.2. The third-order valence-corrected chi connectivity index (χ3v) is 2.58. The van der Waals surface area contributed by atoms with Gasteiger partial charge in [0.15, 0.2) is 0 Å². The maximum absolute atomic E-state index is 5.99. The highest BCUT2D eigenvalue weighted by Crippen LogP contribution is 2.30. The van der Waals surface area contributed by atoms with Gasteiger partial charge in [0.2, 0.25) is 0 Å². The molecule has 0 amide bonds. The van der Waals surface area contributed by atoms with E-state index >= 15 is 0 Å². The van der Waals surface area contributed by atoms with Crippen LogP contribution >= 0.6 is 11.6 Å². The Morgan fingerprint density at radius 2 is 2.23 bits per heavy atom. The summed E-state index contributed by atoms with van der Waals surface area (Å²) in [6, 6.07) is 5.57. The van der Waals surface area contributed by atoms with Gasteiger partial charge < -0.3 is 11.1 Å². The van der Waals surface area contributed by atoms with Gasteiger partial charge in [-0.1, -0.05) is 11.6 Å². The predicted molar refractivity (Wildman–Crippen MR) is 57.1 cm³/mol. The fourth-order valence-corrected chi connectivity index (χ4v) is 1.51. The highest BCUT2D eigenvalue weighted by Gasteiger charge is 2.20. The minimum atomic E-state index is 0.709. The molecule has 1 aromatic rings. The van der Waals surface area contributed by atoms with Crippen LogP contribution in [0.4, 0.5) is 11.4 Å². The van der Waals surface area contributed by atoms with E-state index in [-0.39, 0.29) is 0 Å². The standard InChI is InChI=1S/C10H13ClN2/c11-9-5-8(12)3-4-10(9)13-6-7-1-2-7/h3-5,7,13H,1-2,6,12H2. The predicted octanol–water partition coefficient (Wildman–Crippen LogP) is 2.74. The van der Waals surface area contributed by atoms with Crippen LogP contribution in [0.2, 0.25) is 5.02 Å². The second kappa shape index (κ2) is 3.46. The van der Waals surface area contributed by atoms with Crippen LogP contribution in [0.25, 0.3) is 0 Å². The van der Waals surface area contributed by atoms with E-state index in [2.05, 4.69) is 5.32 Å². The van der Waals surface area contributed by atoms with Crippen LogP contribution in [-0.4, -0.2) is 6.54 Å². The van der Waals surface area contributed by atoms with E-state index in [1.54, 1.807) is 6.07 Å². The monoisotopic (exact) mass is 196 g/mol. The van der Waals surface area contributed by atoms with Gasteiger partial charge in [-0.25, -0.2) is 0 Å². The van der Waals surface area contributed by atoms with Crippen LogP contribution in [0.5, 0.6) is 0 Å². The first kappa shape index (κ1) is 8.70. The van der Waals surface area contributed by atoms with Gasteiger partial charge in [0.1, 0.15) is 0 Å². The molecule has 1 saturated carbocycles. The number of nitrogens with two attached hydrogens (primary N) is 1. The van der Waals surface area contributed by atoms with Crippen molar-refractivity contribution in [2.45, 2.75) is 12.8 Å². The van der Waals surface area contributed by atoms with E-state index in [9.17, 15) is 0 Å². The number of hydrogen-bond donors (Lipinski definition) is 2. The molecule has 1 fully saturated rings. The first-order valence-electron chi connectivity index (χ1n) is 4.54. The van der Waals surface area contributed by atoms with Crippen LogP contribution in [0, 0.1) is 5.92 Å². The lowest BCUT2D eigenvalue weighted by molar-refractivity contribution is 0.889. The summed E-state index contributed by atoms with van der Waals surface area (Å²) in [6.07, 6.45) is 2.69. The van der Waals surface area contributed by atoms with Gasteiger partial charge in [0.25, 0.3) is 0 Å². The van der Waals surface area contributed by atoms with Gasteiger partial charge in [-0.2, -0.15) is 0 Å². The number of nitrogens with one attached hydrogen (secondary N) is 1. The van der Waals surface area contributed by atoms with Gasteiger partial charge >= 0.3 is 0 Å². The first-order chi connectivity index (χ1) is 6.25. The zero-order valence-corrected chi connectivity index (χ0v) is 8.14.